The van der Waals surface area contributed by atoms with E-state index in [0.717, 1.165) is 19.0 Å². The first-order chi connectivity index (χ1) is 8.18. The van der Waals surface area contributed by atoms with Crippen LogP contribution in [0.3, 0.4) is 0 Å². The van der Waals surface area contributed by atoms with Crippen molar-refractivity contribution in [2.75, 3.05) is 0 Å². The van der Waals surface area contributed by atoms with E-state index in [2.05, 4.69) is 6.92 Å². The first-order valence-electron chi connectivity index (χ1n) is 6.23. The lowest BCUT2D eigenvalue weighted by molar-refractivity contribution is -0.113. The summed E-state index contributed by atoms with van der Waals surface area (Å²) in [6.07, 6.45) is 11.7. The van der Waals surface area contributed by atoms with Gasteiger partial charge < -0.3 is 9.59 Å². The van der Waals surface area contributed by atoms with Gasteiger partial charge in [-0.1, -0.05) is 25.8 Å². The number of aldehydes is 2. The molecular weight excluding hydrogens is 216 g/mol. The van der Waals surface area contributed by atoms with Gasteiger partial charge in [-0.15, -0.1) is 0 Å². The number of allylic oxidation sites excluding steroid dienone is 2. The highest BCUT2D eigenvalue weighted by atomic mass is 16.1. The van der Waals surface area contributed by atoms with Crippen molar-refractivity contribution in [3.05, 3.63) is 12.2 Å². The third-order valence-electron chi connectivity index (χ3n) is 1.97. The highest BCUT2D eigenvalue weighted by Crippen LogP contribution is 1.99. The zero-order chi connectivity index (χ0) is 13.4. The molecule has 0 spiro atoms. The molecular formula is C14H24O3. The number of rotatable bonds is 9. The molecule has 0 aliphatic heterocycles. The van der Waals surface area contributed by atoms with E-state index in [-0.39, 0.29) is 5.78 Å². The Kier molecular flexibility index (Phi) is 18.3. The minimum absolute atomic E-state index is 0.150. The Balaban J connectivity index is 0. The van der Waals surface area contributed by atoms with Gasteiger partial charge in [0.05, 0.1) is 0 Å². The van der Waals surface area contributed by atoms with Crippen LogP contribution in [0.1, 0.15) is 58.8 Å². The van der Waals surface area contributed by atoms with Crippen LogP contribution in [0, 0.1) is 0 Å². The van der Waals surface area contributed by atoms with Gasteiger partial charge in [0.1, 0.15) is 12.6 Å². The Morgan fingerprint density at radius 3 is 1.94 bits per heavy atom. The quantitative estimate of drug-likeness (QED) is 0.353. The number of hydrogen-bond acceptors (Lipinski definition) is 3. The van der Waals surface area contributed by atoms with Gasteiger partial charge in [-0.3, -0.25) is 4.79 Å². The largest absolute Gasteiger partial charge is 0.303 e. The minimum Gasteiger partial charge on any atom is -0.303 e. The summed E-state index contributed by atoms with van der Waals surface area (Å²) in [5, 5.41) is 0. The fraction of sp³-hybridized carbons (Fsp3) is 0.643. The summed E-state index contributed by atoms with van der Waals surface area (Å²) in [4.78, 5) is 29.5. The molecule has 0 aromatic heterocycles. The second kappa shape index (κ2) is 17.2. The van der Waals surface area contributed by atoms with Gasteiger partial charge >= 0.3 is 0 Å². The molecule has 98 valence electrons. The summed E-state index contributed by atoms with van der Waals surface area (Å²) in [6.45, 7) is 3.75. The maximum atomic E-state index is 10.4. The zero-order valence-corrected chi connectivity index (χ0v) is 11.0. The molecule has 0 saturated carbocycles. The monoisotopic (exact) mass is 240 g/mol. The standard InChI is InChI=1S/C9H16O.C5H8O2/c1-3-4-5-6-7-8-9(2)10;6-4-2-1-3-5-7/h7-8H,3-6H2,1-2H3;4-5H,1-3H2. The summed E-state index contributed by atoms with van der Waals surface area (Å²) in [5.74, 6) is 0.150. The molecule has 17 heavy (non-hydrogen) atoms. The first-order valence-corrected chi connectivity index (χ1v) is 6.23. The molecule has 0 aliphatic rings. The third kappa shape index (κ3) is 25.2. The molecule has 0 atom stereocenters. The van der Waals surface area contributed by atoms with Crippen molar-refractivity contribution < 1.29 is 14.4 Å². The molecule has 3 nitrogen and oxygen atoms in total. The van der Waals surface area contributed by atoms with Crippen LogP contribution in [-0.2, 0) is 14.4 Å². The Labute approximate surface area is 104 Å². The van der Waals surface area contributed by atoms with Crippen molar-refractivity contribution >= 4 is 18.4 Å². The molecule has 0 unspecified atom stereocenters. The van der Waals surface area contributed by atoms with Gasteiger partial charge in [-0.2, -0.15) is 0 Å². The Bertz CT molecular complexity index is 212. The van der Waals surface area contributed by atoms with Crippen molar-refractivity contribution in [2.24, 2.45) is 0 Å². The van der Waals surface area contributed by atoms with Crippen molar-refractivity contribution in [1.29, 1.82) is 0 Å². The van der Waals surface area contributed by atoms with Crippen molar-refractivity contribution in [3.8, 4) is 0 Å². The topological polar surface area (TPSA) is 51.2 Å². The number of unbranched alkanes of at least 4 members (excludes halogenated alkanes) is 5. The van der Waals surface area contributed by atoms with Gasteiger partial charge in [0, 0.05) is 12.8 Å². The van der Waals surface area contributed by atoms with Crippen LogP contribution >= 0.6 is 0 Å². The number of ketones is 1. The van der Waals surface area contributed by atoms with Crippen LogP contribution < -0.4 is 0 Å². The molecule has 0 fully saturated rings. The molecule has 0 aliphatic carbocycles. The lowest BCUT2D eigenvalue weighted by Gasteiger charge is -1.89. The molecule has 0 rings (SSSR count). The van der Waals surface area contributed by atoms with E-state index in [0.29, 0.717) is 19.3 Å². The summed E-state index contributed by atoms with van der Waals surface area (Å²) < 4.78 is 0. The lowest BCUT2D eigenvalue weighted by Crippen LogP contribution is -1.79. The van der Waals surface area contributed by atoms with E-state index in [1.807, 2.05) is 6.08 Å². The Hall–Kier alpha value is -1.25. The minimum atomic E-state index is 0.150. The van der Waals surface area contributed by atoms with E-state index >= 15 is 0 Å². The fourth-order valence-corrected chi connectivity index (χ4v) is 1.05. The average molecular weight is 240 g/mol. The first kappa shape index (κ1) is 18.1. The van der Waals surface area contributed by atoms with Gasteiger partial charge in [-0.05, 0) is 32.3 Å². The van der Waals surface area contributed by atoms with E-state index in [9.17, 15) is 14.4 Å². The van der Waals surface area contributed by atoms with Gasteiger partial charge in [0.2, 0.25) is 0 Å². The molecule has 0 N–H and O–H groups in total. The van der Waals surface area contributed by atoms with Crippen LogP contribution in [0.2, 0.25) is 0 Å². The van der Waals surface area contributed by atoms with E-state index in [4.69, 9.17) is 0 Å². The summed E-state index contributed by atoms with van der Waals surface area (Å²) in [5.41, 5.74) is 0. The number of carbonyl (C=O) groups excluding carboxylic acids is 3. The van der Waals surface area contributed by atoms with Crippen LogP contribution in [0.4, 0.5) is 0 Å². The lowest BCUT2D eigenvalue weighted by atomic mass is 10.2. The molecule has 0 bridgehead atoms. The third-order valence-corrected chi connectivity index (χ3v) is 1.97. The Morgan fingerprint density at radius 2 is 1.53 bits per heavy atom. The van der Waals surface area contributed by atoms with E-state index in [1.54, 1.807) is 13.0 Å². The summed E-state index contributed by atoms with van der Waals surface area (Å²) in [7, 11) is 0. The average Bonchev–Trinajstić information content (AvgIpc) is 2.30. The van der Waals surface area contributed by atoms with E-state index < -0.39 is 0 Å². The number of hydrogen-bond donors (Lipinski definition) is 0. The SMILES string of the molecule is CCCCCC=CC(C)=O.O=CCCCC=O. The molecule has 0 saturated heterocycles. The maximum absolute atomic E-state index is 10.4. The van der Waals surface area contributed by atoms with Crippen molar-refractivity contribution in [2.45, 2.75) is 58.8 Å². The molecule has 0 aromatic carbocycles. The normalized spacial score (nSPS) is 9.53. The van der Waals surface area contributed by atoms with Gasteiger partial charge in [0.15, 0.2) is 5.78 Å². The van der Waals surface area contributed by atoms with Crippen LogP contribution in [-0.4, -0.2) is 18.4 Å². The zero-order valence-electron chi connectivity index (χ0n) is 11.0. The van der Waals surface area contributed by atoms with Gasteiger partial charge in [-0.25, -0.2) is 0 Å². The summed E-state index contributed by atoms with van der Waals surface area (Å²) in [6, 6.07) is 0. The van der Waals surface area contributed by atoms with Gasteiger partial charge in [0.25, 0.3) is 0 Å². The molecule has 0 aromatic rings. The van der Waals surface area contributed by atoms with E-state index in [1.165, 1.54) is 19.3 Å². The molecule has 3 heteroatoms. The fourth-order valence-electron chi connectivity index (χ4n) is 1.05. The van der Waals surface area contributed by atoms with Crippen LogP contribution in [0.5, 0.6) is 0 Å². The van der Waals surface area contributed by atoms with Crippen molar-refractivity contribution in [3.63, 3.8) is 0 Å². The predicted octanol–water partition coefficient (Wildman–Crippen LogP) is 3.27. The molecule has 0 amide bonds. The van der Waals surface area contributed by atoms with Crippen LogP contribution in [0.15, 0.2) is 12.2 Å². The van der Waals surface area contributed by atoms with Crippen LogP contribution in [0.25, 0.3) is 0 Å². The maximum Gasteiger partial charge on any atom is 0.152 e. The molecule has 0 heterocycles. The van der Waals surface area contributed by atoms with Crippen molar-refractivity contribution in [1.82, 2.24) is 0 Å². The highest BCUT2D eigenvalue weighted by Gasteiger charge is 1.83. The summed E-state index contributed by atoms with van der Waals surface area (Å²) >= 11 is 0. The second-order valence-electron chi connectivity index (χ2n) is 3.77. The Morgan fingerprint density at radius 1 is 0.941 bits per heavy atom. The number of carbonyl (C=O) groups is 3. The smallest absolute Gasteiger partial charge is 0.152 e. The molecule has 0 radical (unpaired) electrons. The second-order valence-corrected chi connectivity index (χ2v) is 3.77. The highest BCUT2D eigenvalue weighted by molar-refractivity contribution is 5.87. The predicted molar refractivity (Wildman–Crippen MR) is 69.9 cm³/mol.